The van der Waals surface area contributed by atoms with E-state index in [1.165, 1.54) is 11.3 Å². The first kappa shape index (κ1) is 27.6. The number of carbonyl (C=O) groups excluding carboxylic acids is 1. The van der Waals surface area contributed by atoms with E-state index in [4.69, 9.17) is 14.2 Å². The quantitative estimate of drug-likeness (QED) is 0.234. The van der Waals surface area contributed by atoms with E-state index in [0.29, 0.717) is 24.0 Å². The number of anilines is 2. The summed E-state index contributed by atoms with van der Waals surface area (Å²) in [4.78, 5) is 25.7. The van der Waals surface area contributed by atoms with Crippen LogP contribution in [0.3, 0.4) is 0 Å². The normalized spacial score (nSPS) is 13.5. The number of methoxy groups -OCH3 is 1. The SMILES string of the molecule is COc1cccc(CNC(=O)c2ccc(-c3ccnc(Nc4cccc(OCCCN5CCOCC5)c4)n3)s2)c1. The number of nitrogens with zero attached hydrogens (tertiary/aromatic N) is 3. The molecule has 0 radical (unpaired) electrons. The summed E-state index contributed by atoms with van der Waals surface area (Å²) in [5.41, 5.74) is 2.55. The van der Waals surface area contributed by atoms with Gasteiger partial charge in [-0.1, -0.05) is 18.2 Å². The molecule has 40 heavy (non-hydrogen) atoms. The lowest BCUT2D eigenvalue weighted by Gasteiger charge is -2.26. The summed E-state index contributed by atoms with van der Waals surface area (Å²) in [7, 11) is 1.63. The van der Waals surface area contributed by atoms with Crippen molar-refractivity contribution in [2.75, 3.05) is 51.9 Å². The highest BCUT2D eigenvalue weighted by Crippen LogP contribution is 2.28. The average molecular weight is 560 g/mol. The molecule has 1 aliphatic rings. The van der Waals surface area contributed by atoms with Crippen LogP contribution in [0.5, 0.6) is 11.5 Å². The lowest BCUT2D eigenvalue weighted by Crippen LogP contribution is -2.37. The van der Waals surface area contributed by atoms with E-state index >= 15 is 0 Å². The van der Waals surface area contributed by atoms with Crippen molar-refractivity contribution in [3.05, 3.63) is 83.4 Å². The van der Waals surface area contributed by atoms with Gasteiger partial charge in [-0.25, -0.2) is 9.97 Å². The summed E-state index contributed by atoms with van der Waals surface area (Å²) < 4.78 is 16.6. The van der Waals surface area contributed by atoms with Gasteiger partial charge in [0.05, 0.1) is 42.4 Å². The maximum absolute atomic E-state index is 12.7. The Morgan fingerprint density at radius 3 is 2.77 bits per heavy atom. The zero-order valence-corrected chi connectivity index (χ0v) is 23.3. The number of aromatic nitrogens is 2. The lowest BCUT2D eigenvalue weighted by molar-refractivity contribution is 0.0358. The molecular weight excluding hydrogens is 526 g/mol. The molecule has 2 aromatic carbocycles. The van der Waals surface area contributed by atoms with Crippen molar-refractivity contribution in [3.8, 4) is 22.1 Å². The van der Waals surface area contributed by atoms with Gasteiger partial charge in [0, 0.05) is 44.1 Å². The van der Waals surface area contributed by atoms with Gasteiger partial charge in [-0.15, -0.1) is 11.3 Å². The number of carbonyl (C=O) groups is 1. The molecule has 2 N–H and O–H groups in total. The number of thiophene rings is 1. The highest BCUT2D eigenvalue weighted by Gasteiger charge is 2.13. The Morgan fingerprint density at radius 1 is 1.05 bits per heavy atom. The number of hydrogen-bond donors (Lipinski definition) is 2. The summed E-state index contributed by atoms with van der Waals surface area (Å²) in [6.07, 6.45) is 2.67. The summed E-state index contributed by atoms with van der Waals surface area (Å²) in [5, 5.41) is 6.23. The second kappa shape index (κ2) is 13.9. The van der Waals surface area contributed by atoms with Crippen LogP contribution in [0, 0.1) is 0 Å². The van der Waals surface area contributed by atoms with E-state index in [1.807, 2.05) is 66.7 Å². The smallest absolute Gasteiger partial charge is 0.261 e. The van der Waals surface area contributed by atoms with E-state index in [-0.39, 0.29) is 5.91 Å². The molecule has 208 valence electrons. The number of morpholine rings is 1. The van der Waals surface area contributed by atoms with Gasteiger partial charge in [-0.05, 0) is 54.4 Å². The third kappa shape index (κ3) is 7.78. The van der Waals surface area contributed by atoms with Crippen molar-refractivity contribution in [3.63, 3.8) is 0 Å². The van der Waals surface area contributed by atoms with Crippen LogP contribution < -0.4 is 20.1 Å². The number of nitrogens with one attached hydrogen (secondary N) is 2. The Balaban J connectivity index is 1.14. The van der Waals surface area contributed by atoms with Crippen molar-refractivity contribution in [2.24, 2.45) is 0 Å². The fourth-order valence-electron chi connectivity index (χ4n) is 4.30. The highest BCUT2D eigenvalue weighted by atomic mass is 32.1. The predicted octanol–water partition coefficient (Wildman–Crippen LogP) is 4.99. The van der Waals surface area contributed by atoms with Crippen LogP contribution in [-0.4, -0.2) is 67.3 Å². The second-order valence-electron chi connectivity index (χ2n) is 9.27. The van der Waals surface area contributed by atoms with Gasteiger partial charge < -0.3 is 24.8 Å². The number of ether oxygens (including phenoxy) is 3. The highest BCUT2D eigenvalue weighted by molar-refractivity contribution is 7.17. The van der Waals surface area contributed by atoms with Crippen molar-refractivity contribution in [1.29, 1.82) is 0 Å². The van der Waals surface area contributed by atoms with Crippen LogP contribution in [-0.2, 0) is 11.3 Å². The van der Waals surface area contributed by atoms with Crippen molar-refractivity contribution in [2.45, 2.75) is 13.0 Å². The lowest BCUT2D eigenvalue weighted by atomic mass is 10.2. The zero-order valence-electron chi connectivity index (χ0n) is 22.5. The topological polar surface area (TPSA) is 97.8 Å². The standard InChI is InChI=1S/C30H33N5O4S/c1-37-24-7-2-5-22(19-24)21-32-29(36)28-10-9-27(40-28)26-11-12-31-30(34-26)33-23-6-3-8-25(20-23)39-16-4-13-35-14-17-38-18-15-35/h2-3,5-12,19-20H,4,13-18,21H2,1H3,(H,32,36)(H,31,33,34). The molecule has 0 spiro atoms. The Kier molecular flexibility index (Phi) is 9.57. The molecule has 0 unspecified atom stereocenters. The Labute approximate surface area is 238 Å². The van der Waals surface area contributed by atoms with Gasteiger partial charge in [0.15, 0.2) is 0 Å². The third-order valence-electron chi connectivity index (χ3n) is 6.41. The van der Waals surface area contributed by atoms with Crippen LogP contribution in [0.15, 0.2) is 72.9 Å². The predicted molar refractivity (Wildman–Crippen MR) is 157 cm³/mol. The molecule has 2 aromatic heterocycles. The third-order valence-corrected chi connectivity index (χ3v) is 7.51. The van der Waals surface area contributed by atoms with Crippen molar-refractivity contribution >= 4 is 28.9 Å². The van der Waals surface area contributed by atoms with Gasteiger partial charge in [0.1, 0.15) is 11.5 Å². The minimum atomic E-state index is -0.131. The van der Waals surface area contributed by atoms with Crippen molar-refractivity contribution in [1.82, 2.24) is 20.2 Å². The summed E-state index contributed by atoms with van der Waals surface area (Å²) in [6, 6.07) is 21.0. The molecule has 1 aliphatic heterocycles. The Hall–Kier alpha value is -3.99. The summed E-state index contributed by atoms with van der Waals surface area (Å²) in [6.45, 7) is 5.68. The zero-order chi connectivity index (χ0) is 27.6. The maximum atomic E-state index is 12.7. The number of benzene rings is 2. The molecule has 10 heteroatoms. The van der Waals surface area contributed by atoms with Gasteiger partial charge in [-0.2, -0.15) is 0 Å². The molecule has 9 nitrogen and oxygen atoms in total. The molecule has 1 fully saturated rings. The molecular formula is C30H33N5O4S. The van der Waals surface area contributed by atoms with Crippen LogP contribution in [0.1, 0.15) is 21.7 Å². The molecule has 0 saturated carbocycles. The summed E-state index contributed by atoms with van der Waals surface area (Å²) in [5.74, 6) is 1.90. The largest absolute Gasteiger partial charge is 0.497 e. The first-order valence-corrected chi connectivity index (χ1v) is 14.1. The van der Waals surface area contributed by atoms with Crippen LogP contribution in [0.2, 0.25) is 0 Å². The first-order valence-electron chi connectivity index (χ1n) is 13.3. The Morgan fingerprint density at radius 2 is 1.90 bits per heavy atom. The van der Waals surface area contributed by atoms with Gasteiger partial charge in [-0.3, -0.25) is 9.69 Å². The van der Waals surface area contributed by atoms with Crippen LogP contribution >= 0.6 is 11.3 Å². The molecule has 1 amide bonds. The molecule has 0 atom stereocenters. The van der Waals surface area contributed by atoms with E-state index in [2.05, 4.69) is 25.5 Å². The minimum absolute atomic E-state index is 0.131. The monoisotopic (exact) mass is 559 g/mol. The van der Waals surface area contributed by atoms with E-state index < -0.39 is 0 Å². The molecule has 3 heterocycles. The van der Waals surface area contributed by atoms with Crippen molar-refractivity contribution < 1.29 is 19.0 Å². The van der Waals surface area contributed by atoms with Gasteiger partial charge in [0.25, 0.3) is 5.91 Å². The molecule has 4 aromatic rings. The number of hydrogen-bond acceptors (Lipinski definition) is 9. The van der Waals surface area contributed by atoms with Crippen LogP contribution in [0.25, 0.3) is 10.6 Å². The van der Waals surface area contributed by atoms with E-state index in [1.54, 1.807) is 13.3 Å². The Bertz CT molecular complexity index is 1410. The second-order valence-corrected chi connectivity index (χ2v) is 10.4. The minimum Gasteiger partial charge on any atom is -0.497 e. The van der Waals surface area contributed by atoms with Crippen LogP contribution in [0.4, 0.5) is 11.6 Å². The van der Waals surface area contributed by atoms with Gasteiger partial charge in [0.2, 0.25) is 5.95 Å². The molecule has 0 aliphatic carbocycles. The summed E-state index contributed by atoms with van der Waals surface area (Å²) >= 11 is 1.39. The van der Waals surface area contributed by atoms with Gasteiger partial charge >= 0.3 is 0 Å². The maximum Gasteiger partial charge on any atom is 0.261 e. The van der Waals surface area contributed by atoms with E-state index in [0.717, 1.165) is 72.6 Å². The average Bonchev–Trinajstić information content (AvgIpc) is 3.50. The first-order chi connectivity index (χ1) is 19.7. The molecule has 0 bridgehead atoms. The number of amides is 1. The fraction of sp³-hybridized carbons (Fsp3) is 0.300. The molecule has 1 saturated heterocycles. The molecule has 5 rings (SSSR count). The number of rotatable bonds is 12. The van der Waals surface area contributed by atoms with E-state index in [9.17, 15) is 4.79 Å². The fourth-order valence-corrected chi connectivity index (χ4v) is 5.19.